The summed E-state index contributed by atoms with van der Waals surface area (Å²) >= 11 is 0. The van der Waals surface area contributed by atoms with Gasteiger partial charge < -0.3 is 4.74 Å². The second-order valence-electron chi connectivity index (χ2n) is 4.70. The van der Waals surface area contributed by atoms with E-state index in [0.29, 0.717) is 11.1 Å². The molecule has 1 aromatic rings. The van der Waals surface area contributed by atoms with Crippen molar-refractivity contribution in [3.63, 3.8) is 0 Å². The SMILES string of the molecule is C[C@H](C#N)OC(=O)CCN1C(=O)Cc2ccccc2C1=O. The van der Waals surface area contributed by atoms with Crippen LogP contribution in [-0.4, -0.2) is 35.3 Å². The Morgan fingerprint density at radius 1 is 1.43 bits per heavy atom. The Morgan fingerprint density at radius 2 is 2.14 bits per heavy atom. The van der Waals surface area contributed by atoms with Crippen LogP contribution in [0.1, 0.15) is 29.3 Å². The van der Waals surface area contributed by atoms with Crippen molar-refractivity contribution in [3.05, 3.63) is 35.4 Å². The van der Waals surface area contributed by atoms with Gasteiger partial charge in [-0.1, -0.05) is 18.2 Å². The summed E-state index contributed by atoms with van der Waals surface area (Å²) in [5.74, 6) is -1.34. The highest BCUT2D eigenvalue weighted by Gasteiger charge is 2.30. The fourth-order valence-corrected chi connectivity index (χ4v) is 2.11. The molecule has 0 saturated heterocycles. The van der Waals surface area contributed by atoms with Crippen molar-refractivity contribution >= 4 is 17.8 Å². The van der Waals surface area contributed by atoms with Gasteiger partial charge in [-0.15, -0.1) is 0 Å². The van der Waals surface area contributed by atoms with Crippen molar-refractivity contribution in [1.82, 2.24) is 4.90 Å². The highest BCUT2D eigenvalue weighted by molar-refractivity contribution is 6.09. The van der Waals surface area contributed by atoms with Crippen molar-refractivity contribution in [2.45, 2.75) is 25.9 Å². The molecule has 0 spiro atoms. The lowest BCUT2D eigenvalue weighted by Crippen LogP contribution is -2.43. The average Bonchev–Trinajstić information content (AvgIpc) is 2.46. The van der Waals surface area contributed by atoms with E-state index in [9.17, 15) is 14.4 Å². The van der Waals surface area contributed by atoms with Crippen LogP contribution in [0, 0.1) is 11.3 Å². The largest absolute Gasteiger partial charge is 0.447 e. The van der Waals surface area contributed by atoms with Crippen LogP contribution in [0.15, 0.2) is 24.3 Å². The van der Waals surface area contributed by atoms with Gasteiger partial charge >= 0.3 is 5.97 Å². The molecule has 6 heteroatoms. The molecule has 2 amide bonds. The second kappa shape index (κ2) is 6.18. The zero-order valence-electron chi connectivity index (χ0n) is 11.5. The van der Waals surface area contributed by atoms with E-state index in [0.717, 1.165) is 4.90 Å². The minimum Gasteiger partial charge on any atom is -0.447 e. The molecule has 0 bridgehead atoms. The lowest BCUT2D eigenvalue weighted by molar-refractivity contribution is -0.146. The third kappa shape index (κ3) is 3.26. The molecule has 0 radical (unpaired) electrons. The van der Waals surface area contributed by atoms with Gasteiger partial charge in [-0.05, 0) is 18.6 Å². The van der Waals surface area contributed by atoms with Gasteiger partial charge in [0.15, 0.2) is 6.10 Å². The van der Waals surface area contributed by atoms with E-state index < -0.39 is 18.0 Å². The minimum absolute atomic E-state index is 0.0387. The molecule has 0 unspecified atom stereocenters. The quantitative estimate of drug-likeness (QED) is 0.610. The van der Waals surface area contributed by atoms with Crippen LogP contribution < -0.4 is 0 Å². The van der Waals surface area contributed by atoms with E-state index in [1.54, 1.807) is 30.3 Å². The lowest BCUT2D eigenvalue weighted by Gasteiger charge is -2.26. The number of nitriles is 1. The monoisotopic (exact) mass is 286 g/mol. The van der Waals surface area contributed by atoms with Gasteiger partial charge in [0.1, 0.15) is 6.07 Å². The standard InChI is InChI=1S/C15H14N2O4/c1-10(9-16)21-14(19)6-7-17-13(18)8-11-4-2-3-5-12(11)15(17)20/h2-5,10H,6-8H2,1H3/t10-/m1/s1. The van der Waals surface area contributed by atoms with Crippen molar-refractivity contribution in [3.8, 4) is 6.07 Å². The average molecular weight is 286 g/mol. The first-order chi connectivity index (χ1) is 10.0. The van der Waals surface area contributed by atoms with Crippen LogP contribution in [-0.2, 0) is 20.7 Å². The van der Waals surface area contributed by atoms with Gasteiger partial charge in [-0.3, -0.25) is 19.3 Å². The highest BCUT2D eigenvalue weighted by Crippen LogP contribution is 2.19. The van der Waals surface area contributed by atoms with Crippen LogP contribution in [0.25, 0.3) is 0 Å². The Labute approximate surface area is 121 Å². The minimum atomic E-state index is -0.842. The van der Waals surface area contributed by atoms with E-state index >= 15 is 0 Å². The van der Waals surface area contributed by atoms with Gasteiger partial charge in [0.05, 0.1) is 12.8 Å². The van der Waals surface area contributed by atoms with Crippen LogP contribution in [0.2, 0.25) is 0 Å². The van der Waals surface area contributed by atoms with E-state index in [-0.39, 0.29) is 25.3 Å². The molecule has 0 aromatic heterocycles. The molecule has 6 nitrogen and oxygen atoms in total. The number of fused-ring (bicyclic) bond motifs is 1. The number of ether oxygens (including phenoxy) is 1. The second-order valence-corrected chi connectivity index (χ2v) is 4.70. The van der Waals surface area contributed by atoms with Gasteiger partial charge in [-0.2, -0.15) is 5.26 Å². The number of imide groups is 1. The maximum absolute atomic E-state index is 12.2. The van der Waals surface area contributed by atoms with Gasteiger partial charge in [-0.25, -0.2) is 0 Å². The van der Waals surface area contributed by atoms with Crippen molar-refractivity contribution < 1.29 is 19.1 Å². The number of hydrogen-bond donors (Lipinski definition) is 0. The molecule has 1 aliphatic rings. The molecule has 1 aromatic carbocycles. The molecule has 1 aliphatic heterocycles. The van der Waals surface area contributed by atoms with E-state index in [2.05, 4.69) is 0 Å². The molecule has 1 heterocycles. The molecular weight excluding hydrogens is 272 g/mol. The Hall–Kier alpha value is -2.68. The van der Waals surface area contributed by atoms with Gasteiger partial charge in [0.2, 0.25) is 5.91 Å². The topological polar surface area (TPSA) is 87.5 Å². The number of esters is 1. The van der Waals surface area contributed by atoms with Crippen LogP contribution in [0.3, 0.4) is 0 Å². The molecule has 0 fully saturated rings. The third-order valence-electron chi connectivity index (χ3n) is 3.17. The number of amides is 2. The molecule has 0 aliphatic carbocycles. The highest BCUT2D eigenvalue weighted by atomic mass is 16.5. The first kappa shape index (κ1) is 14.7. The summed E-state index contributed by atoms with van der Waals surface area (Å²) in [5.41, 5.74) is 1.18. The fourth-order valence-electron chi connectivity index (χ4n) is 2.11. The summed E-state index contributed by atoms with van der Waals surface area (Å²) in [6.45, 7) is 1.41. The predicted molar refractivity (Wildman–Crippen MR) is 72.0 cm³/mol. The maximum Gasteiger partial charge on any atom is 0.308 e. The summed E-state index contributed by atoms with van der Waals surface area (Å²) in [6, 6.07) is 8.68. The molecule has 1 atom stereocenters. The van der Waals surface area contributed by atoms with E-state index in [1.165, 1.54) is 6.92 Å². The number of nitrogens with zero attached hydrogens (tertiary/aromatic N) is 2. The van der Waals surface area contributed by atoms with Crippen molar-refractivity contribution in [2.24, 2.45) is 0 Å². The smallest absolute Gasteiger partial charge is 0.308 e. The first-order valence-electron chi connectivity index (χ1n) is 6.54. The van der Waals surface area contributed by atoms with Gasteiger partial charge in [0, 0.05) is 12.1 Å². The third-order valence-corrected chi connectivity index (χ3v) is 3.17. The summed E-state index contributed by atoms with van der Waals surface area (Å²) in [7, 11) is 0. The number of carbonyl (C=O) groups is 3. The summed E-state index contributed by atoms with van der Waals surface area (Å²) in [4.78, 5) is 36.7. The zero-order chi connectivity index (χ0) is 15.4. The maximum atomic E-state index is 12.2. The van der Waals surface area contributed by atoms with Crippen molar-refractivity contribution in [2.75, 3.05) is 6.54 Å². The Morgan fingerprint density at radius 3 is 2.86 bits per heavy atom. The molecule has 108 valence electrons. The zero-order valence-corrected chi connectivity index (χ0v) is 11.5. The summed E-state index contributed by atoms with van der Waals surface area (Å²) in [6.07, 6.45) is -0.817. The number of hydrogen-bond acceptors (Lipinski definition) is 5. The van der Waals surface area contributed by atoms with Crippen LogP contribution in [0.5, 0.6) is 0 Å². The van der Waals surface area contributed by atoms with Crippen LogP contribution in [0.4, 0.5) is 0 Å². The normalized spacial score (nSPS) is 15.1. The van der Waals surface area contributed by atoms with E-state index in [4.69, 9.17) is 10.00 Å². The fraction of sp³-hybridized carbons (Fsp3) is 0.333. The van der Waals surface area contributed by atoms with E-state index in [1.807, 2.05) is 0 Å². The number of carbonyl (C=O) groups excluding carboxylic acids is 3. The van der Waals surface area contributed by atoms with Crippen LogP contribution >= 0.6 is 0 Å². The molecule has 0 N–H and O–H groups in total. The predicted octanol–water partition coefficient (Wildman–Crippen LogP) is 1.06. The molecule has 2 rings (SSSR count). The summed E-state index contributed by atoms with van der Waals surface area (Å²) < 4.78 is 4.78. The molecular formula is C15H14N2O4. The van der Waals surface area contributed by atoms with Gasteiger partial charge in [0.25, 0.3) is 5.91 Å². The first-order valence-corrected chi connectivity index (χ1v) is 6.54. The molecule has 0 saturated carbocycles. The summed E-state index contributed by atoms with van der Waals surface area (Å²) in [5, 5.41) is 8.55. The lowest BCUT2D eigenvalue weighted by atomic mass is 9.98. The number of rotatable bonds is 4. The Bertz CT molecular complexity index is 633. The number of benzene rings is 1. The molecule has 21 heavy (non-hydrogen) atoms. The Kier molecular flexibility index (Phi) is 4.33. The van der Waals surface area contributed by atoms with Crippen molar-refractivity contribution in [1.29, 1.82) is 5.26 Å². The Balaban J connectivity index is 2.02.